The van der Waals surface area contributed by atoms with E-state index in [-0.39, 0.29) is 11.7 Å². The SMILES string of the molecule is COc1cc(NC(=O)CSc2nnc(-c3ccco3)n2-c2ccccc2)cc(OC)c1. The van der Waals surface area contributed by atoms with Crippen LogP contribution in [0, 0.1) is 0 Å². The van der Waals surface area contributed by atoms with Crippen LogP contribution in [-0.2, 0) is 4.79 Å². The number of carbonyl (C=O) groups is 1. The first-order chi connectivity index (χ1) is 15.2. The van der Waals surface area contributed by atoms with E-state index in [9.17, 15) is 4.79 Å². The Balaban J connectivity index is 1.53. The highest BCUT2D eigenvalue weighted by Gasteiger charge is 2.19. The fourth-order valence-corrected chi connectivity index (χ4v) is 3.70. The van der Waals surface area contributed by atoms with E-state index < -0.39 is 0 Å². The second-order valence-corrected chi connectivity index (χ2v) is 7.34. The summed E-state index contributed by atoms with van der Waals surface area (Å²) in [6, 6.07) is 18.5. The highest BCUT2D eigenvalue weighted by molar-refractivity contribution is 7.99. The van der Waals surface area contributed by atoms with Crippen molar-refractivity contribution in [3.05, 3.63) is 66.9 Å². The van der Waals surface area contributed by atoms with E-state index in [2.05, 4.69) is 15.5 Å². The smallest absolute Gasteiger partial charge is 0.234 e. The maximum absolute atomic E-state index is 12.6. The number of rotatable bonds is 8. The number of ether oxygens (including phenoxy) is 2. The zero-order valence-corrected chi connectivity index (χ0v) is 17.8. The lowest BCUT2D eigenvalue weighted by Crippen LogP contribution is -2.14. The van der Waals surface area contributed by atoms with Gasteiger partial charge in [-0.3, -0.25) is 9.36 Å². The summed E-state index contributed by atoms with van der Waals surface area (Å²) in [4.78, 5) is 12.6. The molecule has 31 heavy (non-hydrogen) atoms. The molecule has 158 valence electrons. The predicted octanol–water partition coefficient (Wildman–Crippen LogP) is 4.28. The minimum atomic E-state index is -0.192. The van der Waals surface area contributed by atoms with Gasteiger partial charge >= 0.3 is 0 Å². The molecule has 0 aliphatic heterocycles. The zero-order valence-electron chi connectivity index (χ0n) is 16.9. The molecule has 0 saturated carbocycles. The van der Waals surface area contributed by atoms with Crippen LogP contribution < -0.4 is 14.8 Å². The van der Waals surface area contributed by atoms with Crippen LogP contribution >= 0.6 is 11.8 Å². The van der Waals surface area contributed by atoms with Gasteiger partial charge in [0.25, 0.3) is 0 Å². The number of anilines is 1. The number of hydrogen-bond acceptors (Lipinski definition) is 7. The molecule has 0 fully saturated rings. The summed E-state index contributed by atoms with van der Waals surface area (Å²) in [7, 11) is 3.12. The van der Waals surface area contributed by atoms with E-state index in [1.165, 1.54) is 11.8 Å². The number of amides is 1. The van der Waals surface area contributed by atoms with Gasteiger partial charge in [0, 0.05) is 29.6 Å². The Hall–Kier alpha value is -3.72. The summed E-state index contributed by atoms with van der Waals surface area (Å²) in [5.74, 6) is 2.29. The van der Waals surface area contributed by atoms with Gasteiger partial charge in [-0.1, -0.05) is 30.0 Å². The van der Waals surface area contributed by atoms with Crippen molar-refractivity contribution in [1.82, 2.24) is 14.8 Å². The molecule has 4 aromatic rings. The third-order valence-electron chi connectivity index (χ3n) is 4.36. The minimum Gasteiger partial charge on any atom is -0.497 e. The molecule has 0 unspecified atom stereocenters. The second kappa shape index (κ2) is 9.40. The lowest BCUT2D eigenvalue weighted by atomic mass is 10.2. The monoisotopic (exact) mass is 436 g/mol. The van der Waals surface area contributed by atoms with Crippen molar-refractivity contribution >= 4 is 23.4 Å². The number of hydrogen-bond donors (Lipinski definition) is 1. The Bertz CT molecular complexity index is 1140. The Kier molecular flexibility index (Phi) is 6.23. The molecular weight excluding hydrogens is 416 g/mol. The topological polar surface area (TPSA) is 91.4 Å². The van der Waals surface area contributed by atoms with Crippen molar-refractivity contribution in [2.24, 2.45) is 0 Å². The highest BCUT2D eigenvalue weighted by atomic mass is 32.2. The molecule has 0 aliphatic carbocycles. The van der Waals surface area contributed by atoms with Gasteiger partial charge in [-0.25, -0.2) is 0 Å². The number of thioether (sulfide) groups is 1. The Morgan fingerprint density at radius 1 is 1.03 bits per heavy atom. The average molecular weight is 436 g/mol. The molecule has 0 radical (unpaired) electrons. The molecule has 4 rings (SSSR count). The normalized spacial score (nSPS) is 10.6. The van der Waals surface area contributed by atoms with Gasteiger partial charge in [0.05, 0.1) is 26.2 Å². The Labute approximate surface area is 183 Å². The zero-order chi connectivity index (χ0) is 21.6. The molecule has 1 N–H and O–H groups in total. The fraction of sp³-hybridized carbons (Fsp3) is 0.136. The van der Waals surface area contributed by atoms with Gasteiger partial charge < -0.3 is 19.2 Å². The van der Waals surface area contributed by atoms with E-state index in [0.717, 1.165) is 5.69 Å². The first kappa shape index (κ1) is 20.5. The van der Waals surface area contributed by atoms with Crippen molar-refractivity contribution in [3.63, 3.8) is 0 Å². The summed E-state index contributed by atoms with van der Waals surface area (Å²) in [5.41, 5.74) is 1.46. The van der Waals surface area contributed by atoms with Gasteiger partial charge in [-0.05, 0) is 24.3 Å². The molecule has 2 heterocycles. The number of carbonyl (C=O) groups excluding carboxylic acids is 1. The largest absolute Gasteiger partial charge is 0.497 e. The molecule has 0 bridgehead atoms. The fourth-order valence-electron chi connectivity index (χ4n) is 2.95. The lowest BCUT2D eigenvalue weighted by Gasteiger charge is -2.11. The number of benzene rings is 2. The summed E-state index contributed by atoms with van der Waals surface area (Å²) in [5, 5.41) is 12.0. The Morgan fingerprint density at radius 2 is 1.77 bits per heavy atom. The molecule has 0 atom stereocenters. The van der Waals surface area contributed by atoms with E-state index in [1.807, 2.05) is 41.0 Å². The molecule has 2 aromatic carbocycles. The third kappa shape index (κ3) is 4.72. The Morgan fingerprint density at radius 3 is 2.42 bits per heavy atom. The number of furan rings is 1. The van der Waals surface area contributed by atoms with Gasteiger partial charge in [0.2, 0.25) is 11.7 Å². The number of para-hydroxylation sites is 1. The van der Waals surface area contributed by atoms with Crippen LogP contribution in [0.3, 0.4) is 0 Å². The van der Waals surface area contributed by atoms with Crippen molar-refractivity contribution in [1.29, 1.82) is 0 Å². The number of methoxy groups -OCH3 is 2. The maximum atomic E-state index is 12.6. The van der Waals surface area contributed by atoms with Crippen LogP contribution in [0.5, 0.6) is 11.5 Å². The van der Waals surface area contributed by atoms with Crippen molar-refractivity contribution < 1.29 is 18.7 Å². The summed E-state index contributed by atoms with van der Waals surface area (Å²) < 4.78 is 17.9. The lowest BCUT2D eigenvalue weighted by molar-refractivity contribution is -0.113. The summed E-state index contributed by atoms with van der Waals surface area (Å²) in [6.45, 7) is 0. The van der Waals surface area contributed by atoms with Gasteiger partial charge in [0.1, 0.15) is 11.5 Å². The summed E-state index contributed by atoms with van der Waals surface area (Å²) >= 11 is 1.28. The number of nitrogens with one attached hydrogen (secondary N) is 1. The second-order valence-electron chi connectivity index (χ2n) is 6.39. The highest BCUT2D eigenvalue weighted by Crippen LogP contribution is 2.29. The molecule has 8 nitrogen and oxygen atoms in total. The van der Waals surface area contributed by atoms with Crippen LogP contribution in [0.25, 0.3) is 17.3 Å². The van der Waals surface area contributed by atoms with Gasteiger partial charge in [-0.2, -0.15) is 0 Å². The predicted molar refractivity (Wildman–Crippen MR) is 118 cm³/mol. The van der Waals surface area contributed by atoms with Crippen LogP contribution in [0.15, 0.2) is 76.5 Å². The standard InChI is InChI=1S/C22H20N4O4S/c1-28-17-11-15(12-18(13-17)29-2)23-20(27)14-31-22-25-24-21(19-9-6-10-30-19)26(22)16-7-4-3-5-8-16/h3-13H,14H2,1-2H3,(H,23,27). The van der Waals surface area contributed by atoms with Crippen molar-refractivity contribution in [3.8, 4) is 28.8 Å². The third-order valence-corrected chi connectivity index (χ3v) is 5.29. The van der Waals surface area contributed by atoms with Gasteiger partial charge in [-0.15, -0.1) is 10.2 Å². The minimum absolute atomic E-state index is 0.142. The molecule has 1 amide bonds. The van der Waals surface area contributed by atoms with Crippen LogP contribution in [0.2, 0.25) is 0 Å². The first-order valence-corrected chi connectivity index (χ1v) is 10.4. The van der Waals surface area contributed by atoms with E-state index >= 15 is 0 Å². The van der Waals surface area contributed by atoms with E-state index in [0.29, 0.717) is 33.9 Å². The van der Waals surface area contributed by atoms with Crippen molar-refractivity contribution in [2.75, 3.05) is 25.3 Å². The van der Waals surface area contributed by atoms with Crippen LogP contribution in [0.4, 0.5) is 5.69 Å². The maximum Gasteiger partial charge on any atom is 0.234 e. The number of aromatic nitrogens is 3. The van der Waals surface area contributed by atoms with E-state index in [1.54, 1.807) is 44.7 Å². The summed E-state index contributed by atoms with van der Waals surface area (Å²) in [6.07, 6.45) is 1.59. The number of nitrogens with zero attached hydrogens (tertiary/aromatic N) is 3. The molecule has 0 spiro atoms. The molecule has 9 heteroatoms. The molecular formula is C22H20N4O4S. The van der Waals surface area contributed by atoms with E-state index in [4.69, 9.17) is 13.9 Å². The van der Waals surface area contributed by atoms with Crippen LogP contribution in [-0.4, -0.2) is 40.6 Å². The first-order valence-electron chi connectivity index (χ1n) is 9.38. The van der Waals surface area contributed by atoms with Crippen molar-refractivity contribution in [2.45, 2.75) is 5.16 Å². The van der Waals surface area contributed by atoms with Crippen LogP contribution in [0.1, 0.15) is 0 Å². The molecule has 0 saturated heterocycles. The van der Waals surface area contributed by atoms with Gasteiger partial charge in [0.15, 0.2) is 10.9 Å². The molecule has 2 aromatic heterocycles. The quantitative estimate of drug-likeness (QED) is 0.412. The molecule has 0 aliphatic rings. The average Bonchev–Trinajstić information content (AvgIpc) is 3.47.